The quantitative estimate of drug-likeness (QED) is 0.709. The first kappa shape index (κ1) is 17.6. The minimum Gasteiger partial charge on any atom is -0.326 e. The molecule has 4 rings (SSSR count). The molecule has 0 bridgehead atoms. The molecule has 0 radical (unpaired) electrons. The molecule has 2 aromatic carbocycles. The molecule has 2 aliphatic carbocycles. The average molecular weight is 368 g/mol. The third-order valence-corrected chi connectivity index (χ3v) is 6.93. The van der Waals surface area contributed by atoms with Crippen molar-refractivity contribution >= 4 is 23.2 Å². The Hall–Kier alpha value is -1.80. The lowest BCUT2D eigenvalue weighted by Crippen LogP contribution is -2.35. The van der Waals surface area contributed by atoms with Crippen molar-refractivity contribution in [2.75, 3.05) is 5.32 Å². The fourth-order valence-electron chi connectivity index (χ4n) is 4.98. The molecule has 136 valence electrons. The summed E-state index contributed by atoms with van der Waals surface area (Å²) in [5.74, 6) is 0.639. The number of carbonyl (C=O) groups excluding carboxylic acids is 1. The Kier molecular flexibility index (Phi) is 4.79. The van der Waals surface area contributed by atoms with E-state index in [0.29, 0.717) is 16.4 Å². The molecule has 2 nitrogen and oxygen atoms in total. The number of nitrogens with one attached hydrogen (secondary N) is 1. The normalized spacial score (nSPS) is 25.7. The van der Waals surface area contributed by atoms with Crippen molar-refractivity contribution in [1.29, 1.82) is 0 Å². The second-order valence-electron chi connectivity index (χ2n) is 8.06. The van der Waals surface area contributed by atoms with Crippen molar-refractivity contribution in [2.24, 2.45) is 11.8 Å². The fourth-order valence-corrected chi connectivity index (χ4v) is 5.11. The van der Waals surface area contributed by atoms with Crippen LogP contribution < -0.4 is 5.32 Å². The Morgan fingerprint density at radius 3 is 2.50 bits per heavy atom. The predicted octanol–water partition coefficient (Wildman–Crippen LogP) is 5.99. The van der Waals surface area contributed by atoms with Crippen LogP contribution in [-0.2, 0) is 16.6 Å². The van der Waals surface area contributed by atoms with Crippen LogP contribution in [0, 0.1) is 11.8 Å². The first-order valence-electron chi connectivity index (χ1n) is 9.72. The number of benzene rings is 2. The van der Waals surface area contributed by atoms with E-state index in [1.54, 1.807) is 11.1 Å². The second-order valence-corrected chi connectivity index (χ2v) is 8.50. The lowest BCUT2D eigenvalue weighted by molar-refractivity contribution is -0.121. The van der Waals surface area contributed by atoms with Gasteiger partial charge >= 0.3 is 0 Å². The van der Waals surface area contributed by atoms with Gasteiger partial charge in [0.05, 0.1) is 0 Å². The van der Waals surface area contributed by atoms with Gasteiger partial charge in [-0.25, -0.2) is 0 Å². The molecule has 1 unspecified atom stereocenters. The highest BCUT2D eigenvalue weighted by atomic mass is 35.5. The zero-order valence-electron chi connectivity index (χ0n) is 15.3. The summed E-state index contributed by atoms with van der Waals surface area (Å²) < 4.78 is 0. The number of fused-ring (bicyclic) bond motifs is 2. The van der Waals surface area contributed by atoms with Crippen molar-refractivity contribution in [3.8, 4) is 0 Å². The highest BCUT2D eigenvalue weighted by Crippen LogP contribution is 2.50. The second kappa shape index (κ2) is 7.08. The number of hydrogen-bond donors (Lipinski definition) is 1. The summed E-state index contributed by atoms with van der Waals surface area (Å²) >= 11 is 5.92. The summed E-state index contributed by atoms with van der Waals surface area (Å²) in [6.45, 7) is 2.08. The van der Waals surface area contributed by atoms with Gasteiger partial charge in [0, 0.05) is 16.6 Å². The lowest BCUT2D eigenvalue weighted by atomic mass is 9.65. The van der Waals surface area contributed by atoms with Gasteiger partial charge in [0.15, 0.2) is 0 Å². The van der Waals surface area contributed by atoms with Crippen LogP contribution in [-0.4, -0.2) is 5.91 Å². The van der Waals surface area contributed by atoms with E-state index in [1.807, 2.05) is 24.3 Å². The Morgan fingerprint density at radius 1 is 1.08 bits per heavy atom. The molecule has 3 heteroatoms. The van der Waals surface area contributed by atoms with Crippen molar-refractivity contribution in [3.63, 3.8) is 0 Å². The van der Waals surface area contributed by atoms with E-state index in [-0.39, 0.29) is 11.8 Å². The van der Waals surface area contributed by atoms with Crippen LogP contribution in [0.5, 0.6) is 0 Å². The molecule has 0 aromatic heterocycles. The molecule has 1 fully saturated rings. The molecule has 1 amide bonds. The van der Waals surface area contributed by atoms with Crippen LogP contribution in [0.15, 0.2) is 48.5 Å². The Bertz CT molecular complexity index is 790. The zero-order valence-corrected chi connectivity index (χ0v) is 16.1. The van der Waals surface area contributed by atoms with E-state index >= 15 is 0 Å². The molecule has 1 saturated carbocycles. The number of carbonyl (C=O) groups is 1. The van der Waals surface area contributed by atoms with Gasteiger partial charge in [0.1, 0.15) is 0 Å². The van der Waals surface area contributed by atoms with Gasteiger partial charge in [-0.2, -0.15) is 0 Å². The minimum absolute atomic E-state index is 0.0414. The molecular weight excluding hydrogens is 342 g/mol. The third-order valence-electron chi connectivity index (χ3n) is 6.68. The number of hydrogen-bond acceptors (Lipinski definition) is 1. The molecule has 0 aliphatic heterocycles. The van der Waals surface area contributed by atoms with Gasteiger partial charge < -0.3 is 5.32 Å². The Morgan fingerprint density at radius 2 is 1.77 bits per heavy atom. The maximum absolute atomic E-state index is 12.7. The highest BCUT2D eigenvalue weighted by Gasteiger charge is 2.42. The van der Waals surface area contributed by atoms with Gasteiger partial charge in [-0.15, -0.1) is 0 Å². The predicted molar refractivity (Wildman–Crippen MR) is 108 cm³/mol. The van der Waals surface area contributed by atoms with Gasteiger partial charge in [0.25, 0.3) is 0 Å². The number of halogens is 1. The zero-order chi connectivity index (χ0) is 18.1. The molecule has 0 heterocycles. The third kappa shape index (κ3) is 3.27. The van der Waals surface area contributed by atoms with Crippen LogP contribution in [0.2, 0.25) is 5.02 Å². The average Bonchev–Trinajstić information content (AvgIpc) is 3.02. The van der Waals surface area contributed by atoms with Crippen LogP contribution >= 0.6 is 11.6 Å². The van der Waals surface area contributed by atoms with Crippen molar-refractivity contribution in [1.82, 2.24) is 0 Å². The van der Waals surface area contributed by atoms with Crippen LogP contribution in [0.1, 0.15) is 50.2 Å². The van der Waals surface area contributed by atoms with E-state index in [2.05, 4.69) is 36.5 Å². The fraction of sp³-hybridized carbons (Fsp3) is 0.435. The molecule has 0 saturated heterocycles. The van der Waals surface area contributed by atoms with Crippen LogP contribution in [0.25, 0.3) is 0 Å². The summed E-state index contributed by atoms with van der Waals surface area (Å²) in [6, 6.07) is 16.3. The number of amides is 1. The van der Waals surface area contributed by atoms with Crippen LogP contribution in [0.3, 0.4) is 0 Å². The van der Waals surface area contributed by atoms with E-state index in [4.69, 9.17) is 11.6 Å². The molecular formula is C23H26ClNO. The van der Waals surface area contributed by atoms with Gasteiger partial charge in [0.2, 0.25) is 5.91 Å². The summed E-state index contributed by atoms with van der Waals surface area (Å²) in [5.41, 5.74) is 4.32. The lowest BCUT2D eigenvalue weighted by Gasteiger charge is -2.40. The van der Waals surface area contributed by atoms with Crippen molar-refractivity contribution in [3.05, 3.63) is 64.7 Å². The molecule has 1 spiro atoms. The van der Waals surface area contributed by atoms with Crippen LogP contribution in [0.4, 0.5) is 5.69 Å². The maximum atomic E-state index is 12.7. The van der Waals surface area contributed by atoms with E-state index in [1.165, 1.54) is 25.7 Å². The smallest absolute Gasteiger partial charge is 0.227 e. The largest absolute Gasteiger partial charge is 0.326 e. The summed E-state index contributed by atoms with van der Waals surface area (Å²) in [5, 5.41) is 3.73. The first-order valence-corrected chi connectivity index (χ1v) is 10.1. The SMILES string of the molecule is CC(C(=O)Nc1ccc(Cl)cc1)[C@H]1CC[C@@]2(CCc3ccccc32)CC1. The first-order chi connectivity index (χ1) is 12.6. The summed E-state index contributed by atoms with van der Waals surface area (Å²) in [6.07, 6.45) is 7.21. The van der Waals surface area contributed by atoms with E-state index in [9.17, 15) is 4.79 Å². The number of anilines is 1. The van der Waals surface area contributed by atoms with E-state index in [0.717, 1.165) is 18.5 Å². The molecule has 1 atom stereocenters. The van der Waals surface area contributed by atoms with Gasteiger partial charge in [-0.05, 0) is 85.3 Å². The Labute approximate surface area is 161 Å². The standard InChI is InChI=1S/C23H26ClNO/c1-16(22(26)25-20-8-6-19(24)7-9-20)17-10-13-23(14-11-17)15-12-18-4-2-3-5-21(18)23/h2-9,16-17H,10-15H2,1H3,(H,25,26)/t16?,17-,23-. The summed E-state index contributed by atoms with van der Waals surface area (Å²) in [7, 11) is 0. The molecule has 2 aliphatic rings. The summed E-state index contributed by atoms with van der Waals surface area (Å²) in [4.78, 5) is 12.7. The van der Waals surface area contributed by atoms with Gasteiger partial charge in [-0.1, -0.05) is 42.8 Å². The molecule has 2 aromatic rings. The number of aryl methyl sites for hydroxylation is 1. The number of rotatable bonds is 3. The van der Waals surface area contributed by atoms with Crippen molar-refractivity contribution < 1.29 is 4.79 Å². The van der Waals surface area contributed by atoms with E-state index < -0.39 is 0 Å². The minimum atomic E-state index is 0.0414. The maximum Gasteiger partial charge on any atom is 0.227 e. The molecule has 26 heavy (non-hydrogen) atoms. The molecule has 1 N–H and O–H groups in total. The Balaban J connectivity index is 1.38. The topological polar surface area (TPSA) is 29.1 Å². The monoisotopic (exact) mass is 367 g/mol. The van der Waals surface area contributed by atoms with Gasteiger partial charge in [-0.3, -0.25) is 4.79 Å². The highest BCUT2D eigenvalue weighted by molar-refractivity contribution is 6.30. The van der Waals surface area contributed by atoms with Crippen molar-refractivity contribution in [2.45, 2.75) is 50.9 Å².